The normalized spacial score (nSPS) is 11.0. The van der Waals surface area contributed by atoms with Gasteiger partial charge in [-0.25, -0.2) is 4.98 Å². The number of aryl methyl sites for hydroxylation is 1. The molecule has 0 fully saturated rings. The molecule has 0 aliphatic carbocycles. The molecule has 1 aromatic heterocycles. The van der Waals surface area contributed by atoms with E-state index in [-0.39, 0.29) is 5.91 Å². The first-order chi connectivity index (χ1) is 14.0. The van der Waals surface area contributed by atoms with Gasteiger partial charge in [-0.3, -0.25) is 4.79 Å². The maximum Gasteiger partial charge on any atom is 0.251 e. The van der Waals surface area contributed by atoms with E-state index in [1.807, 2.05) is 61.5 Å². The molecule has 146 valence electrons. The van der Waals surface area contributed by atoms with Gasteiger partial charge in [0.1, 0.15) is 5.82 Å². The lowest BCUT2D eigenvalue weighted by Crippen LogP contribution is -2.25. The van der Waals surface area contributed by atoms with Crippen molar-refractivity contribution in [3.05, 3.63) is 99.3 Å². The van der Waals surface area contributed by atoms with Crippen molar-refractivity contribution in [3.63, 3.8) is 0 Å². The number of imidazole rings is 1. The molecule has 1 N–H and O–H groups in total. The number of nitrogens with zero attached hydrogens (tertiary/aromatic N) is 2. The molecule has 4 aromatic rings. The number of hydrogen-bond acceptors (Lipinski definition) is 2. The first-order valence-corrected chi connectivity index (χ1v) is 10.00. The number of hydrogen-bond donors (Lipinski definition) is 1. The molecule has 0 bridgehead atoms. The summed E-state index contributed by atoms with van der Waals surface area (Å²) in [4.78, 5) is 17.3. The van der Waals surface area contributed by atoms with E-state index in [0.717, 1.165) is 28.0 Å². The van der Waals surface area contributed by atoms with E-state index < -0.39 is 0 Å². The van der Waals surface area contributed by atoms with E-state index in [1.54, 1.807) is 12.1 Å². The maximum atomic E-state index is 12.6. The number of benzene rings is 3. The van der Waals surface area contributed by atoms with Crippen LogP contribution in [0.4, 0.5) is 0 Å². The van der Waals surface area contributed by atoms with E-state index in [9.17, 15) is 4.79 Å². The van der Waals surface area contributed by atoms with Gasteiger partial charge in [-0.2, -0.15) is 0 Å². The van der Waals surface area contributed by atoms with Gasteiger partial charge in [0.25, 0.3) is 5.91 Å². The first kappa shape index (κ1) is 19.5. The molecule has 4 nitrogen and oxygen atoms in total. The molecule has 1 amide bonds. The molecule has 0 saturated heterocycles. The van der Waals surface area contributed by atoms with Gasteiger partial charge in [0.15, 0.2) is 0 Å². The van der Waals surface area contributed by atoms with Gasteiger partial charge in [0.05, 0.1) is 24.1 Å². The smallest absolute Gasteiger partial charge is 0.251 e. The van der Waals surface area contributed by atoms with E-state index >= 15 is 0 Å². The highest BCUT2D eigenvalue weighted by Crippen LogP contribution is 2.24. The third-order valence-electron chi connectivity index (χ3n) is 4.76. The maximum absolute atomic E-state index is 12.6. The van der Waals surface area contributed by atoms with Crippen molar-refractivity contribution >= 4 is 40.1 Å². The van der Waals surface area contributed by atoms with Crippen LogP contribution in [0, 0.1) is 6.92 Å². The number of nitrogens with one attached hydrogen (secondary N) is 1. The van der Waals surface area contributed by atoms with Gasteiger partial charge in [0.2, 0.25) is 0 Å². The number of aromatic nitrogens is 2. The first-order valence-electron chi connectivity index (χ1n) is 9.24. The number of amides is 1. The van der Waals surface area contributed by atoms with Gasteiger partial charge in [-0.1, -0.05) is 59.1 Å². The summed E-state index contributed by atoms with van der Waals surface area (Å²) in [5.41, 5.74) is 4.47. The monoisotopic (exact) mass is 423 g/mol. The summed E-state index contributed by atoms with van der Waals surface area (Å²) in [6, 6.07) is 20.9. The molecule has 0 radical (unpaired) electrons. The summed E-state index contributed by atoms with van der Waals surface area (Å²) in [5, 5.41) is 4.18. The Balaban J connectivity index is 1.63. The fourth-order valence-corrected chi connectivity index (χ4v) is 3.77. The van der Waals surface area contributed by atoms with E-state index in [2.05, 4.69) is 9.88 Å². The van der Waals surface area contributed by atoms with Gasteiger partial charge in [-0.15, -0.1) is 0 Å². The largest absolute Gasteiger partial charge is 0.345 e. The Labute approximate surface area is 179 Å². The minimum absolute atomic E-state index is 0.128. The van der Waals surface area contributed by atoms with Crippen LogP contribution in [0.3, 0.4) is 0 Å². The number of rotatable bonds is 5. The fraction of sp³-hybridized carbons (Fsp3) is 0.130. The third kappa shape index (κ3) is 4.29. The number of para-hydroxylation sites is 2. The van der Waals surface area contributed by atoms with Crippen molar-refractivity contribution in [2.24, 2.45) is 0 Å². The Hall–Kier alpha value is -2.82. The second-order valence-corrected chi connectivity index (χ2v) is 7.73. The van der Waals surface area contributed by atoms with Gasteiger partial charge < -0.3 is 9.88 Å². The SMILES string of the molecule is Cc1cccc(C(=O)NCc2nc3ccccc3n2Cc2ccc(Cl)cc2Cl)c1. The van der Waals surface area contributed by atoms with Crippen molar-refractivity contribution in [1.82, 2.24) is 14.9 Å². The molecule has 4 rings (SSSR count). The minimum atomic E-state index is -0.128. The van der Waals surface area contributed by atoms with Crippen molar-refractivity contribution in [3.8, 4) is 0 Å². The molecule has 0 spiro atoms. The summed E-state index contributed by atoms with van der Waals surface area (Å²) >= 11 is 12.4. The molecule has 0 atom stereocenters. The Morgan fingerprint density at radius 2 is 1.86 bits per heavy atom. The Morgan fingerprint density at radius 3 is 2.66 bits per heavy atom. The highest BCUT2D eigenvalue weighted by Gasteiger charge is 2.14. The molecule has 3 aromatic carbocycles. The number of halogens is 2. The van der Waals surface area contributed by atoms with Crippen molar-refractivity contribution in [1.29, 1.82) is 0 Å². The zero-order valence-electron chi connectivity index (χ0n) is 15.8. The standard InChI is InChI=1S/C23H19Cl2N3O/c1-15-5-4-6-16(11-15)23(29)26-13-22-27-20-7-2-3-8-21(20)28(22)14-17-9-10-18(24)12-19(17)25/h2-12H,13-14H2,1H3,(H,26,29). The van der Waals surface area contributed by atoms with E-state index in [1.165, 1.54) is 0 Å². The van der Waals surface area contributed by atoms with Crippen LogP contribution < -0.4 is 5.32 Å². The van der Waals surface area contributed by atoms with Gasteiger partial charge >= 0.3 is 0 Å². The van der Waals surface area contributed by atoms with Crippen LogP contribution in [-0.2, 0) is 13.1 Å². The van der Waals surface area contributed by atoms with Gasteiger partial charge in [-0.05, 0) is 48.9 Å². The number of fused-ring (bicyclic) bond motifs is 1. The quantitative estimate of drug-likeness (QED) is 0.451. The highest BCUT2D eigenvalue weighted by molar-refractivity contribution is 6.35. The van der Waals surface area contributed by atoms with Crippen LogP contribution in [0.5, 0.6) is 0 Å². The Kier molecular flexibility index (Phi) is 5.56. The van der Waals surface area contributed by atoms with Crippen molar-refractivity contribution < 1.29 is 4.79 Å². The molecule has 6 heteroatoms. The Bertz CT molecular complexity index is 1200. The average molecular weight is 424 g/mol. The van der Waals surface area contributed by atoms with Crippen LogP contribution in [0.1, 0.15) is 27.3 Å². The fourth-order valence-electron chi connectivity index (χ4n) is 3.30. The zero-order valence-corrected chi connectivity index (χ0v) is 17.3. The topological polar surface area (TPSA) is 46.9 Å². The van der Waals surface area contributed by atoms with Crippen LogP contribution in [0.15, 0.2) is 66.7 Å². The van der Waals surface area contributed by atoms with Crippen LogP contribution >= 0.6 is 23.2 Å². The number of carbonyl (C=O) groups excluding carboxylic acids is 1. The second-order valence-electron chi connectivity index (χ2n) is 6.89. The molecular formula is C23H19Cl2N3O. The predicted octanol–water partition coefficient (Wildman–Crippen LogP) is 5.63. The van der Waals surface area contributed by atoms with Crippen LogP contribution in [0.25, 0.3) is 11.0 Å². The minimum Gasteiger partial charge on any atom is -0.345 e. The molecule has 0 saturated carbocycles. The average Bonchev–Trinajstić information content (AvgIpc) is 3.05. The predicted molar refractivity (Wildman–Crippen MR) is 118 cm³/mol. The van der Waals surface area contributed by atoms with Crippen LogP contribution in [-0.4, -0.2) is 15.5 Å². The lowest BCUT2D eigenvalue weighted by molar-refractivity contribution is 0.0949. The van der Waals surface area contributed by atoms with Crippen LogP contribution in [0.2, 0.25) is 10.0 Å². The molecule has 29 heavy (non-hydrogen) atoms. The van der Waals surface area contributed by atoms with E-state index in [4.69, 9.17) is 28.2 Å². The summed E-state index contributed by atoms with van der Waals surface area (Å²) in [6.07, 6.45) is 0. The van der Waals surface area contributed by atoms with Crippen molar-refractivity contribution in [2.75, 3.05) is 0 Å². The third-order valence-corrected chi connectivity index (χ3v) is 5.35. The molecule has 0 aliphatic heterocycles. The summed E-state index contributed by atoms with van der Waals surface area (Å²) in [5.74, 6) is 0.634. The van der Waals surface area contributed by atoms with Crippen molar-refractivity contribution in [2.45, 2.75) is 20.0 Å². The van der Waals surface area contributed by atoms with E-state index in [0.29, 0.717) is 28.7 Å². The molecule has 0 aliphatic rings. The van der Waals surface area contributed by atoms with Gasteiger partial charge in [0, 0.05) is 15.6 Å². The lowest BCUT2D eigenvalue weighted by atomic mass is 10.1. The highest BCUT2D eigenvalue weighted by atomic mass is 35.5. The summed E-state index contributed by atoms with van der Waals surface area (Å²) < 4.78 is 2.07. The second kappa shape index (κ2) is 8.27. The molecule has 1 heterocycles. The molecule has 0 unspecified atom stereocenters. The zero-order chi connectivity index (χ0) is 20.4. The number of carbonyl (C=O) groups is 1. The lowest BCUT2D eigenvalue weighted by Gasteiger charge is -2.12. The Morgan fingerprint density at radius 1 is 1.03 bits per heavy atom. The molecular weight excluding hydrogens is 405 g/mol. The summed E-state index contributed by atoms with van der Waals surface area (Å²) in [7, 11) is 0. The summed E-state index contributed by atoms with van der Waals surface area (Å²) in [6.45, 7) is 2.81.